The van der Waals surface area contributed by atoms with E-state index in [9.17, 15) is 17.6 Å². The van der Waals surface area contributed by atoms with Gasteiger partial charge in [0, 0.05) is 37.6 Å². The predicted molar refractivity (Wildman–Crippen MR) is 108 cm³/mol. The topological polar surface area (TPSA) is 24.9 Å². The molecule has 0 saturated carbocycles. The first-order chi connectivity index (χ1) is 14.3. The molecule has 0 spiro atoms. The fourth-order valence-electron chi connectivity index (χ4n) is 3.64. The SMILES string of the molecule is Cc1cc(F)c(N2CCN(Cc3ccc4c(c3)OCO4)CC2)cc1SCC(F)(F)F. The van der Waals surface area contributed by atoms with Gasteiger partial charge >= 0.3 is 6.18 Å². The van der Waals surface area contributed by atoms with Crippen molar-refractivity contribution in [3.63, 3.8) is 0 Å². The maximum absolute atomic E-state index is 14.5. The van der Waals surface area contributed by atoms with Gasteiger partial charge in [-0.3, -0.25) is 4.90 Å². The molecule has 2 heterocycles. The van der Waals surface area contributed by atoms with E-state index in [1.165, 1.54) is 6.07 Å². The third-order valence-corrected chi connectivity index (χ3v) is 6.41. The number of thioether (sulfide) groups is 1. The number of halogens is 4. The monoisotopic (exact) mass is 442 g/mol. The lowest BCUT2D eigenvalue weighted by Gasteiger charge is -2.36. The van der Waals surface area contributed by atoms with Gasteiger partial charge in [-0.15, -0.1) is 11.8 Å². The van der Waals surface area contributed by atoms with Crippen molar-refractivity contribution in [1.29, 1.82) is 0 Å². The Kier molecular flexibility index (Phi) is 6.02. The standard InChI is InChI=1S/C21H22F4N2O2S/c1-14-8-16(22)17(10-20(14)30-12-21(23,24)25)27-6-4-26(5-7-27)11-15-2-3-18-19(9-15)29-13-28-18/h2-3,8-10H,4-7,11-13H2,1H3. The van der Waals surface area contributed by atoms with Crippen LogP contribution in [0, 0.1) is 12.7 Å². The lowest BCUT2D eigenvalue weighted by molar-refractivity contribution is -0.105. The molecule has 0 atom stereocenters. The van der Waals surface area contributed by atoms with Gasteiger partial charge < -0.3 is 14.4 Å². The predicted octanol–water partition coefficient (Wildman–Crippen LogP) is 4.84. The van der Waals surface area contributed by atoms with Crippen molar-refractivity contribution >= 4 is 17.4 Å². The summed E-state index contributed by atoms with van der Waals surface area (Å²) in [5.41, 5.74) is 2.00. The molecule has 9 heteroatoms. The Bertz CT molecular complexity index is 915. The molecule has 2 aromatic carbocycles. The van der Waals surface area contributed by atoms with Crippen LogP contribution in [0.3, 0.4) is 0 Å². The van der Waals surface area contributed by atoms with E-state index < -0.39 is 17.7 Å². The van der Waals surface area contributed by atoms with Gasteiger partial charge in [-0.2, -0.15) is 13.2 Å². The summed E-state index contributed by atoms with van der Waals surface area (Å²) in [6, 6.07) is 8.75. The summed E-state index contributed by atoms with van der Waals surface area (Å²) in [4.78, 5) is 4.63. The third kappa shape index (κ3) is 4.95. The van der Waals surface area contributed by atoms with Crippen molar-refractivity contribution in [3.05, 3.63) is 47.3 Å². The fraction of sp³-hybridized carbons (Fsp3) is 0.429. The number of fused-ring (bicyclic) bond motifs is 1. The molecular weight excluding hydrogens is 420 g/mol. The van der Waals surface area contributed by atoms with Crippen molar-refractivity contribution in [1.82, 2.24) is 4.90 Å². The number of piperazine rings is 1. The largest absolute Gasteiger partial charge is 0.454 e. The van der Waals surface area contributed by atoms with E-state index in [1.54, 1.807) is 13.0 Å². The highest BCUT2D eigenvalue weighted by molar-refractivity contribution is 7.99. The second-order valence-corrected chi connectivity index (χ2v) is 8.44. The van der Waals surface area contributed by atoms with Crippen molar-refractivity contribution in [2.45, 2.75) is 24.5 Å². The van der Waals surface area contributed by atoms with Crippen LogP contribution in [0.1, 0.15) is 11.1 Å². The molecule has 2 aliphatic heterocycles. The zero-order chi connectivity index (χ0) is 21.3. The van der Waals surface area contributed by atoms with E-state index in [0.717, 1.165) is 36.7 Å². The van der Waals surface area contributed by atoms with Gasteiger partial charge in [-0.05, 0) is 42.3 Å². The molecule has 0 amide bonds. The number of hydrogen-bond acceptors (Lipinski definition) is 5. The first-order valence-corrected chi connectivity index (χ1v) is 10.6. The molecule has 0 aromatic heterocycles. The van der Waals surface area contributed by atoms with Crippen LogP contribution in [-0.2, 0) is 6.54 Å². The molecule has 1 saturated heterocycles. The second-order valence-electron chi connectivity index (χ2n) is 7.42. The number of anilines is 1. The van der Waals surface area contributed by atoms with Crippen LogP contribution in [0.4, 0.5) is 23.2 Å². The number of aryl methyl sites for hydroxylation is 1. The van der Waals surface area contributed by atoms with Crippen LogP contribution >= 0.6 is 11.8 Å². The molecule has 2 aromatic rings. The van der Waals surface area contributed by atoms with Gasteiger partial charge in [0.15, 0.2) is 11.5 Å². The minimum absolute atomic E-state index is 0.239. The highest BCUT2D eigenvalue weighted by Gasteiger charge is 2.28. The van der Waals surface area contributed by atoms with Gasteiger partial charge in [0.25, 0.3) is 0 Å². The average molecular weight is 442 g/mol. The lowest BCUT2D eigenvalue weighted by atomic mass is 10.1. The highest BCUT2D eigenvalue weighted by Crippen LogP contribution is 2.35. The summed E-state index contributed by atoms with van der Waals surface area (Å²) in [6.45, 7) is 5.28. The number of hydrogen-bond donors (Lipinski definition) is 0. The number of ether oxygens (including phenoxy) is 2. The third-order valence-electron chi connectivity index (χ3n) is 5.19. The van der Waals surface area contributed by atoms with Crippen molar-refractivity contribution < 1.29 is 27.0 Å². The van der Waals surface area contributed by atoms with E-state index in [1.807, 2.05) is 23.1 Å². The Morgan fingerprint density at radius 3 is 2.47 bits per heavy atom. The first kappa shape index (κ1) is 21.1. The van der Waals surface area contributed by atoms with E-state index in [2.05, 4.69) is 4.90 Å². The molecule has 0 N–H and O–H groups in total. The van der Waals surface area contributed by atoms with E-state index in [4.69, 9.17) is 9.47 Å². The van der Waals surface area contributed by atoms with Crippen molar-refractivity contribution in [2.24, 2.45) is 0 Å². The normalized spacial score (nSPS) is 16.9. The Hall–Kier alpha value is -2.13. The Balaban J connectivity index is 1.38. The van der Waals surface area contributed by atoms with Gasteiger partial charge in [0.05, 0.1) is 11.4 Å². The van der Waals surface area contributed by atoms with Gasteiger partial charge in [0.1, 0.15) is 5.82 Å². The summed E-state index contributed by atoms with van der Waals surface area (Å²) in [7, 11) is 0. The lowest BCUT2D eigenvalue weighted by Crippen LogP contribution is -2.46. The summed E-state index contributed by atoms with van der Waals surface area (Å²) in [6.07, 6.45) is -4.26. The fourth-order valence-corrected chi connectivity index (χ4v) is 4.44. The molecule has 0 radical (unpaired) electrons. The zero-order valence-electron chi connectivity index (χ0n) is 16.5. The summed E-state index contributed by atoms with van der Waals surface area (Å²) >= 11 is 0.702. The molecule has 4 nitrogen and oxygen atoms in total. The maximum Gasteiger partial charge on any atom is 0.398 e. The van der Waals surface area contributed by atoms with E-state index in [0.29, 0.717) is 41.0 Å². The summed E-state index contributed by atoms with van der Waals surface area (Å²) < 4.78 is 63.0. The van der Waals surface area contributed by atoms with E-state index in [-0.39, 0.29) is 6.79 Å². The molecule has 0 unspecified atom stereocenters. The van der Waals surface area contributed by atoms with Crippen LogP contribution < -0.4 is 14.4 Å². The molecule has 162 valence electrons. The Morgan fingerprint density at radius 2 is 1.73 bits per heavy atom. The quantitative estimate of drug-likeness (QED) is 0.488. The zero-order valence-corrected chi connectivity index (χ0v) is 17.3. The molecule has 30 heavy (non-hydrogen) atoms. The first-order valence-electron chi connectivity index (χ1n) is 9.64. The van der Waals surface area contributed by atoms with Crippen LogP contribution in [0.2, 0.25) is 0 Å². The Morgan fingerprint density at radius 1 is 1.00 bits per heavy atom. The molecular formula is C21H22F4N2O2S. The number of nitrogens with zero attached hydrogens (tertiary/aromatic N) is 2. The molecule has 1 fully saturated rings. The van der Waals surface area contributed by atoms with Gasteiger partial charge in [0.2, 0.25) is 6.79 Å². The van der Waals surface area contributed by atoms with Crippen molar-refractivity contribution in [2.75, 3.05) is 43.6 Å². The molecule has 0 bridgehead atoms. The molecule has 2 aliphatic rings. The number of alkyl halides is 3. The molecule has 4 rings (SSSR count). The van der Waals surface area contributed by atoms with Crippen LogP contribution in [0.5, 0.6) is 11.5 Å². The van der Waals surface area contributed by atoms with Crippen LogP contribution in [0.25, 0.3) is 0 Å². The minimum Gasteiger partial charge on any atom is -0.454 e. The maximum atomic E-state index is 14.5. The number of rotatable bonds is 5. The van der Waals surface area contributed by atoms with Crippen LogP contribution in [-0.4, -0.2) is 49.8 Å². The van der Waals surface area contributed by atoms with E-state index >= 15 is 0 Å². The van der Waals surface area contributed by atoms with Crippen molar-refractivity contribution in [3.8, 4) is 11.5 Å². The summed E-state index contributed by atoms with van der Waals surface area (Å²) in [5, 5.41) is 0. The summed E-state index contributed by atoms with van der Waals surface area (Å²) in [5.74, 6) is 0.116. The van der Waals surface area contributed by atoms with Gasteiger partial charge in [-0.1, -0.05) is 6.07 Å². The second kappa shape index (κ2) is 8.55. The van der Waals surface area contributed by atoms with Crippen LogP contribution in [0.15, 0.2) is 35.2 Å². The molecule has 0 aliphatic carbocycles. The Labute approximate surface area is 176 Å². The smallest absolute Gasteiger partial charge is 0.398 e. The number of benzene rings is 2. The average Bonchev–Trinajstić information content (AvgIpc) is 3.15. The highest BCUT2D eigenvalue weighted by atomic mass is 32.2. The van der Waals surface area contributed by atoms with Gasteiger partial charge in [-0.25, -0.2) is 4.39 Å². The minimum atomic E-state index is -4.26.